The molecule has 1 N–H and O–H groups in total. The first-order valence-electron chi connectivity index (χ1n) is 8.88. The fourth-order valence-electron chi connectivity index (χ4n) is 2.41. The summed E-state index contributed by atoms with van der Waals surface area (Å²) in [7, 11) is 3.87. The van der Waals surface area contributed by atoms with Gasteiger partial charge in [-0.25, -0.2) is 0 Å². The number of carbonyl (C=O) groups excluding carboxylic acids is 1. The van der Waals surface area contributed by atoms with Crippen molar-refractivity contribution in [1.29, 1.82) is 0 Å². The number of aliphatic carboxylic acids is 1. The van der Waals surface area contributed by atoms with Crippen molar-refractivity contribution in [3.05, 3.63) is 0 Å². The average molecular weight is 352 g/mol. The predicted octanol–water partition coefficient (Wildman–Crippen LogP) is 1.69. The smallest absolute Gasteiger partial charge is 0.309 e. The standard InChI is InChI=1S/C19H32N2O4/c1-14(2)16(18(23)24)13-25-15-8-11-21(12-9-15)17(22)7-10-19(3,4)20(5)6/h14-16H,8-9,11-13H2,1-6H3,(H,23,24)/t16-/m0/s1. The number of likely N-dealkylation sites (tertiary alicyclic amines) is 1. The lowest BCUT2D eigenvalue weighted by Crippen LogP contribution is -2.42. The molecule has 0 bridgehead atoms. The molecule has 1 atom stereocenters. The summed E-state index contributed by atoms with van der Waals surface area (Å²) >= 11 is 0. The maximum Gasteiger partial charge on any atom is 0.309 e. The molecule has 0 aromatic carbocycles. The molecular weight excluding hydrogens is 320 g/mol. The maximum atomic E-state index is 12.2. The summed E-state index contributed by atoms with van der Waals surface area (Å²) in [5, 5.41) is 9.20. The zero-order valence-corrected chi connectivity index (χ0v) is 16.3. The van der Waals surface area contributed by atoms with Crippen molar-refractivity contribution >= 4 is 11.9 Å². The molecule has 6 nitrogen and oxygen atoms in total. The molecule has 1 aliphatic rings. The van der Waals surface area contributed by atoms with Gasteiger partial charge in [0.15, 0.2) is 0 Å². The van der Waals surface area contributed by atoms with Crippen LogP contribution in [0.15, 0.2) is 0 Å². The van der Waals surface area contributed by atoms with Crippen LogP contribution in [0.2, 0.25) is 0 Å². The highest BCUT2D eigenvalue weighted by Gasteiger charge is 2.27. The van der Waals surface area contributed by atoms with Crippen LogP contribution in [0, 0.1) is 23.7 Å². The zero-order chi connectivity index (χ0) is 19.2. The predicted molar refractivity (Wildman–Crippen MR) is 97.1 cm³/mol. The van der Waals surface area contributed by atoms with E-state index in [4.69, 9.17) is 4.74 Å². The summed E-state index contributed by atoms with van der Waals surface area (Å²) in [6.45, 7) is 9.14. The number of amides is 1. The minimum atomic E-state index is -0.818. The molecule has 1 rings (SSSR count). The van der Waals surface area contributed by atoms with E-state index in [0.717, 1.165) is 12.8 Å². The lowest BCUT2D eigenvalue weighted by atomic mass is 9.97. The van der Waals surface area contributed by atoms with Crippen LogP contribution in [0.25, 0.3) is 0 Å². The van der Waals surface area contributed by atoms with E-state index in [9.17, 15) is 14.7 Å². The topological polar surface area (TPSA) is 70.1 Å². The fraction of sp³-hybridized carbons (Fsp3) is 0.789. The molecule has 0 aromatic heterocycles. The molecule has 0 radical (unpaired) electrons. The number of hydrogen-bond acceptors (Lipinski definition) is 4. The minimum Gasteiger partial charge on any atom is -0.481 e. The number of carboxylic acids is 1. The van der Waals surface area contributed by atoms with Crippen molar-refractivity contribution in [3.8, 4) is 11.8 Å². The summed E-state index contributed by atoms with van der Waals surface area (Å²) in [6, 6.07) is 0. The van der Waals surface area contributed by atoms with Crippen LogP contribution in [0.1, 0.15) is 40.5 Å². The Balaban J connectivity index is 2.47. The van der Waals surface area contributed by atoms with E-state index in [1.165, 1.54) is 0 Å². The van der Waals surface area contributed by atoms with Crippen LogP contribution in [0.5, 0.6) is 0 Å². The van der Waals surface area contributed by atoms with Gasteiger partial charge >= 0.3 is 5.97 Å². The van der Waals surface area contributed by atoms with Gasteiger partial charge in [0.05, 0.1) is 24.2 Å². The van der Waals surface area contributed by atoms with Crippen molar-refractivity contribution in [1.82, 2.24) is 9.80 Å². The molecule has 0 unspecified atom stereocenters. The number of carboxylic acid groups (broad SMARTS) is 1. The first-order chi connectivity index (χ1) is 11.5. The Morgan fingerprint density at radius 1 is 1.28 bits per heavy atom. The monoisotopic (exact) mass is 352 g/mol. The minimum absolute atomic E-state index is 0.0100. The molecule has 1 aliphatic heterocycles. The highest BCUT2D eigenvalue weighted by molar-refractivity contribution is 5.93. The van der Waals surface area contributed by atoms with Crippen molar-refractivity contribution in [2.24, 2.45) is 11.8 Å². The fourth-order valence-corrected chi connectivity index (χ4v) is 2.41. The Morgan fingerprint density at radius 3 is 2.28 bits per heavy atom. The Hall–Kier alpha value is -1.58. The first kappa shape index (κ1) is 21.5. The molecule has 0 saturated carbocycles. The van der Waals surface area contributed by atoms with Gasteiger partial charge in [-0.2, -0.15) is 0 Å². The highest BCUT2D eigenvalue weighted by atomic mass is 16.5. The van der Waals surface area contributed by atoms with Crippen LogP contribution < -0.4 is 0 Å². The lowest BCUT2D eigenvalue weighted by Gasteiger charge is -2.32. The maximum absolute atomic E-state index is 12.2. The quantitative estimate of drug-likeness (QED) is 0.737. The second kappa shape index (κ2) is 9.21. The van der Waals surface area contributed by atoms with Gasteiger partial charge in [-0.3, -0.25) is 14.5 Å². The van der Waals surface area contributed by atoms with Crippen LogP contribution in [0.4, 0.5) is 0 Å². The summed E-state index contributed by atoms with van der Waals surface area (Å²) in [5.74, 6) is 4.34. The molecule has 25 heavy (non-hydrogen) atoms. The number of nitrogens with zero attached hydrogens (tertiary/aromatic N) is 2. The zero-order valence-electron chi connectivity index (χ0n) is 16.3. The van der Waals surface area contributed by atoms with Gasteiger partial charge in [-0.1, -0.05) is 19.8 Å². The molecule has 6 heteroatoms. The van der Waals surface area contributed by atoms with Gasteiger partial charge < -0.3 is 14.7 Å². The highest BCUT2D eigenvalue weighted by Crippen LogP contribution is 2.18. The van der Waals surface area contributed by atoms with E-state index in [0.29, 0.717) is 13.1 Å². The normalized spacial score (nSPS) is 17.4. The molecule has 1 amide bonds. The number of rotatable bonds is 6. The van der Waals surface area contributed by atoms with Crippen molar-refractivity contribution in [2.45, 2.75) is 52.2 Å². The van der Waals surface area contributed by atoms with Crippen LogP contribution in [-0.4, -0.2) is 72.2 Å². The van der Waals surface area contributed by atoms with E-state index in [-0.39, 0.29) is 30.1 Å². The Morgan fingerprint density at radius 2 is 1.84 bits per heavy atom. The molecule has 0 spiro atoms. The van der Waals surface area contributed by atoms with Gasteiger partial charge in [0, 0.05) is 13.1 Å². The number of hydrogen-bond donors (Lipinski definition) is 1. The molecular formula is C19H32N2O4. The van der Waals surface area contributed by atoms with E-state index in [2.05, 4.69) is 11.8 Å². The molecule has 1 heterocycles. The Labute approximate surface area is 151 Å². The Bertz CT molecular complexity index is 523. The Kier molecular flexibility index (Phi) is 7.91. The third-order valence-corrected chi connectivity index (χ3v) is 4.96. The van der Waals surface area contributed by atoms with Gasteiger partial charge in [-0.05, 0) is 52.6 Å². The molecule has 0 aromatic rings. The van der Waals surface area contributed by atoms with Crippen LogP contribution in [-0.2, 0) is 14.3 Å². The summed E-state index contributed by atoms with van der Waals surface area (Å²) < 4.78 is 5.78. The van der Waals surface area contributed by atoms with Gasteiger partial charge in [0.1, 0.15) is 0 Å². The largest absolute Gasteiger partial charge is 0.481 e. The number of carbonyl (C=O) groups is 2. The SMILES string of the molecule is CC(C)[C@H](COC1CCN(C(=O)C#CC(C)(C)N(C)C)CC1)C(=O)O. The van der Waals surface area contributed by atoms with Crippen molar-refractivity contribution in [3.63, 3.8) is 0 Å². The summed E-state index contributed by atoms with van der Waals surface area (Å²) in [6.07, 6.45) is 1.44. The second-order valence-electron chi connectivity index (χ2n) is 7.72. The molecule has 0 aliphatic carbocycles. The van der Waals surface area contributed by atoms with Gasteiger partial charge in [0.2, 0.25) is 0 Å². The molecule has 142 valence electrons. The van der Waals surface area contributed by atoms with Gasteiger partial charge in [0.25, 0.3) is 5.91 Å². The van der Waals surface area contributed by atoms with E-state index in [1.807, 2.05) is 46.7 Å². The van der Waals surface area contributed by atoms with E-state index >= 15 is 0 Å². The average Bonchev–Trinajstić information content (AvgIpc) is 2.52. The van der Waals surface area contributed by atoms with E-state index in [1.54, 1.807) is 4.90 Å². The summed E-state index contributed by atoms with van der Waals surface area (Å²) in [5.41, 5.74) is -0.347. The third kappa shape index (κ3) is 6.68. The number of piperidine rings is 1. The molecule has 1 fully saturated rings. The van der Waals surface area contributed by atoms with Crippen molar-refractivity contribution < 1.29 is 19.4 Å². The van der Waals surface area contributed by atoms with Gasteiger partial charge in [-0.15, -0.1) is 0 Å². The number of ether oxygens (including phenoxy) is 1. The third-order valence-electron chi connectivity index (χ3n) is 4.96. The van der Waals surface area contributed by atoms with Crippen molar-refractivity contribution in [2.75, 3.05) is 33.8 Å². The second-order valence-corrected chi connectivity index (χ2v) is 7.72. The lowest BCUT2D eigenvalue weighted by molar-refractivity contribution is -0.147. The van der Waals surface area contributed by atoms with Crippen LogP contribution in [0.3, 0.4) is 0 Å². The first-order valence-corrected chi connectivity index (χ1v) is 8.88. The van der Waals surface area contributed by atoms with Crippen LogP contribution >= 0.6 is 0 Å². The van der Waals surface area contributed by atoms with E-state index < -0.39 is 11.9 Å². The summed E-state index contributed by atoms with van der Waals surface area (Å²) in [4.78, 5) is 27.2. The molecule has 1 saturated heterocycles.